The van der Waals surface area contributed by atoms with E-state index in [2.05, 4.69) is 5.32 Å². The maximum Gasteiger partial charge on any atom is 0.320 e. The number of aliphatic carboxylic acids is 1. The summed E-state index contributed by atoms with van der Waals surface area (Å²) in [6, 6.07) is 0. The Hall–Kier alpha value is -2.32. The minimum absolute atomic E-state index is 0.0354. The summed E-state index contributed by atoms with van der Waals surface area (Å²) in [7, 11) is 0. The molecule has 0 saturated carbocycles. The van der Waals surface area contributed by atoms with Crippen molar-refractivity contribution in [1.82, 2.24) is 20.0 Å². The maximum absolute atomic E-state index is 12.6. The third-order valence-corrected chi connectivity index (χ3v) is 5.54. The van der Waals surface area contributed by atoms with Crippen LogP contribution in [-0.2, 0) is 33.4 Å². The average molecular weight is 619 g/mol. The highest BCUT2D eigenvalue weighted by atomic mass is 16.6. The first-order valence-electron chi connectivity index (χ1n) is 15.0. The van der Waals surface area contributed by atoms with Crippen molar-refractivity contribution >= 4 is 23.9 Å². The zero-order chi connectivity index (χ0) is 33.3. The second-order valence-electron chi connectivity index (χ2n) is 13.6. The fraction of sp³-hybridized carbons (Fsp3) is 0.867. The lowest BCUT2D eigenvalue weighted by molar-refractivity contribution is -0.158. The number of carboxylic acids is 1. The Morgan fingerprint density at radius 1 is 0.605 bits per heavy atom. The monoisotopic (exact) mass is 618 g/mol. The normalized spacial score (nSPS) is 17.0. The van der Waals surface area contributed by atoms with E-state index < -0.39 is 22.8 Å². The summed E-state index contributed by atoms with van der Waals surface area (Å²) >= 11 is 0. The van der Waals surface area contributed by atoms with Crippen LogP contribution in [0.25, 0.3) is 0 Å². The highest BCUT2D eigenvalue weighted by Gasteiger charge is 2.24. The fourth-order valence-electron chi connectivity index (χ4n) is 3.87. The zero-order valence-corrected chi connectivity index (χ0v) is 28.0. The average Bonchev–Trinajstić information content (AvgIpc) is 2.79. The summed E-state index contributed by atoms with van der Waals surface area (Å²) in [5.41, 5.74) is -1.65. The zero-order valence-electron chi connectivity index (χ0n) is 28.0. The van der Waals surface area contributed by atoms with Crippen LogP contribution in [-0.4, -0.2) is 144 Å². The molecule has 1 aliphatic heterocycles. The van der Waals surface area contributed by atoms with Gasteiger partial charge >= 0.3 is 23.9 Å². The number of carbonyl (C=O) groups is 4. The molecule has 0 spiro atoms. The minimum atomic E-state index is -0.853. The Morgan fingerprint density at radius 3 is 1.14 bits per heavy atom. The van der Waals surface area contributed by atoms with Crippen LogP contribution in [0.15, 0.2) is 0 Å². The van der Waals surface area contributed by atoms with E-state index in [4.69, 9.17) is 24.4 Å². The second kappa shape index (κ2) is 19.9. The number of nitrogens with one attached hydrogen (secondary N) is 1. The molecule has 1 rings (SSSR count). The Morgan fingerprint density at radius 2 is 0.907 bits per heavy atom. The van der Waals surface area contributed by atoms with E-state index in [9.17, 15) is 19.2 Å². The summed E-state index contributed by atoms with van der Waals surface area (Å²) in [6.45, 7) is 22.2. The van der Waals surface area contributed by atoms with E-state index >= 15 is 0 Å². The highest BCUT2D eigenvalue weighted by Crippen LogP contribution is 2.10. The Labute approximate surface area is 258 Å². The number of carboxylic acid groups (broad SMARTS) is 1. The van der Waals surface area contributed by atoms with Gasteiger partial charge in [0.05, 0.1) is 19.6 Å². The molecule has 1 aliphatic rings. The van der Waals surface area contributed by atoms with Gasteiger partial charge in [0.15, 0.2) is 0 Å². The lowest BCUT2D eigenvalue weighted by atomic mass is 10.2. The van der Waals surface area contributed by atoms with Crippen LogP contribution < -0.4 is 5.32 Å². The van der Waals surface area contributed by atoms with Gasteiger partial charge in [0.25, 0.3) is 0 Å². The topological polar surface area (TPSA) is 158 Å². The van der Waals surface area contributed by atoms with Crippen molar-refractivity contribution in [3.8, 4) is 0 Å². The first kappa shape index (κ1) is 40.7. The summed E-state index contributed by atoms with van der Waals surface area (Å²) in [4.78, 5) is 53.2. The molecule has 3 N–H and O–H groups in total. The van der Waals surface area contributed by atoms with Crippen LogP contribution >= 0.6 is 0 Å². The molecule has 43 heavy (non-hydrogen) atoms. The summed E-state index contributed by atoms with van der Waals surface area (Å²) in [5.74, 6) is -1.68. The van der Waals surface area contributed by atoms with Gasteiger partial charge in [0.2, 0.25) is 0 Å². The summed E-state index contributed by atoms with van der Waals surface area (Å²) in [6.07, 6.45) is 0.422. The Kier molecular flexibility index (Phi) is 18.8. The van der Waals surface area contributed by atoms with Gasteiger partial charge in [0, 0.05) is 65.4 Å². The van der Waals surface area contributed by atoms with Crippen molar-refractivity contribution in [1.29, 1.82) is 0 Å². The fourth-order valence-corrected chi connectivity index (χ4v) is 3.87. The van der Waals surface area contributed by atoms with E-state index in [1.807, 2.05) is 77.0 Å². The molecule has 0 aromatic rings. The SMILES string of the molecule is CC(C)(C)OC(=O)CN1CCNCCN(CC(=O)OC(C)(C)C)CCN(CC(=O)OC(C)(C)C)CC1.O=C(O)CCCO. The molecule has 0 aromatic carbocycles. The molecule has 1 fully saturated rings. The van der Waals surface area contributed by atoms with E-state index in [0.717, 1.165) is 0 Å². The molecule has 1 heterocycles. The van der Waals surface area contributed by atoms with E-state index in [0.29, 0.717) is 58.8 Å². The largest absolute Gasteiger partial charge is 0.481 e. The molecule has 0 bridgehead atoms. The molecule has 0 unspecified atom stereocenters. The quantitative estimate of drug-likeness (QED) is 0.252. The number of carbonyl (C=O) groups excluding carboxylic acids is 3. The number of rotatable bonds is 9. The molecule has 0 atom stereocenters. The van der Waals surface area contributed by atoms with Gasteiger partial charge in [-0.15, -0.1) is 0 Å². The Balaban J connectivity index is 0.00000223. The van der Waals surface area contributed by atoms with Gasteiger partial charge in [-0.25, -0.2) is 0 Å². The number of nitrogens with zero attached hydrogens (tertiary/aromatic N) is 3. The highest BCUT2D eigenvalue weighted by molar-refractivity contribution is 5.73. The van der Waals surface area contributed by atoms with Crippen LogP contribution in [0.3, 0.4) is 0 Å². The third kappa shape index (κ3) is 25.9. The standard InChI is InChI=1S/C26H50N4O6.C4H8O3/c1-24(2,3)34-21(31)18-28-12-10-27-11-13-29(19-22(32)35-25(4,5)6)15-17-30(16-14-28)20-23(33)36-26(7,8)9;5-3-1-2-4(6)7/h27H,10-20H2,1-9H3;5H,1-3H2,(H,6,7). The number of esters is 3. The van der Waals surface area contributed by atoms with Gasteiger partial charge in [-0.1, -0.05) is 0 Å². The smallest absolute Gasteiger partial charge is 0.320 e. The lowest BCUT2D eigenvalue weighted by Gasteiger charge is -2.32. The van der Waals surface area contributed by atoms with Crippen LogP contribution in [0.5, 0.6) is 0 Å². The molecule has 252 valence electrons. The molecule has 13 heteroatoms. The van der Waals surface area contributed by atoms with Crippen LogP contribution in [0, 0.1) is 0 Å². The van der Waals surface area contributed by atoms with Crippen molar-refractivity contribution in [2.24, 2.45) is 0 Å². The number of aliphatic hydroxyl groups is 1. The molecule has 0 radical (unpaired) electrons. The van der Waals surface area contributed by atoms with Crippen LogP contribution in [0.2, 0.25) is 0 Å². The molecule has 0 amide bonds. The van der Waals surface area contributed by atoms with Crippen LogP contribution in [0.1, 0.15) is 75.2 Å². The van der Waals surface area contributed by atoms with Gasteiger partial charge in [-0.3, -0.25) is 33.9 Å². The first-order valence-corrected chi connectivity index (χ1v) is 15.0. The summed E-state index contributed by atoms with van der Waals surface area (Å²) < 4.78 is 16.6. The first-order chi connectivity index (χ1) is 19.7. The van der Waals surface area contributed by atoms with E-state index in [1.54, 1.807) is 0 Å². The van der Waals surface area contributed by atoms with Gasteiger partial charge < -0.3 is 29.7 Å². The molecule has 1 saturated heterocycles. The number of ether oxygens (including phenoxy) is 3. The third-order valence-electron chi connectivity index (χ3n) is 5.54. The van der Waals surface area contributed by atoms with Crippen LogP contribution in [0.4, 0.5) is 0 Å². The van der Waals surface area contributed by atoms with E-state index in [1.165, 1.54) is 0 Å². The van der Waals surface area contributed by atoms with E-state index in [-0.39, 0.29) is 50.6 Å². The number of aliphatic hydroxyl groups excluding tert-OH is 1. The molecule has 0 aliphatic carbocycles. The molecular formula is C30H58N4O9. The van der Waals surface area contributed by atoms with Crippen molar-refractivity contribution in [2.75, 3.05) is 78.6 Å². The lowest BCUT2D eigenvalue weighted by Crippen LogP contribution is -2.48. The predicted octanol–water partition coefficient (Wildman–Crippen LogP) is 1.36. The molecule has 0 aromatic heterocycles. The second-order valence-corrected chi connectivity index (χ2v) is 13.6. The molecular weight excluding hydrogens is 560 g/mol. The van der Waals surface area contributed by atoms with Gasteiger partial charge in [-0.2, -0.15) is 0 Å². The maximum atomic E-state index is 12.6. The molecule has 13 nitrogen and oxygen atoms in total. The van der Waals surface area contributed by atoms with Gasteiger partial charge in [0.1, 0.15) is 16.8 Å². The predicted molar refractivity (Wildman–Crippen MR) is 164 cm³/mol. The number of hydrogen-bond donors (Lipinski definition) is 3. The van der Waals surface area contributed by atoms with Crippen molar-refractivity contribution < 1.29 is 43.6 Å². The van der Waals surface area contributed by atoms with Gasteiger partial charge in [-0.05, 0) is 68.7 Å². The Bertz CT molecular complexity index is 804. The van der Waals surface area contributed by atoms with Crippen molar-refractivity contribution in [2.45, 2.75) is 92.0 Å². The number of hydrogen-bond acceptors (Lipinski definition) is 12. The van der Waals surface area contributed by atoms with Crippen molar-refractivity contribution in [3.05, 3.63) is 0 Å². The minimum Gasteiger partial charge on any atom is -0.481 e. The summed E-state index contributed by atoms with van der Waals surface area (Å²) in [5, 5.41) is 19.4. The van der Waals surface area contributed by atoms with Crippen molar-refractivity contribution in [3.63, 3.8) is 0 Å².